The van der Waals surface area contributed by atoms with Crippen LogP contribution >= 0.6 is 15.9 Å². The number of fused-ring (bicyclic) bond motifs is 1. The van der Waals surface area contributed by atoms with Gasteiger partial charge in [0.15, 0.2) is 5.65 Å². The first-order valence-corrected chi connectivity index (χ1v) is 7.76. The van der Waals surface area contributed by atoms with E-state index < -0.39 is 0 Å². The lowest BCUT2D eigenvalue weighted by atomic mass is 10.1. The molecule has 0 aliphatic carbocycles. The molecule has 0 aliphatic heterocycles. The summed E-state index contributed by atoms with van der Waals surface area (Å²) in [4.78, 5) is 16.6. The van der Waals surface area contributed by atoms with Gasteiger partial charge in [-0.2, -0.15) is 5.10 Å². The van der Waals surface area contributed by atoms with E-state index in [0.29, 0.717) is 11.2 Å². The van der Waals surface area contributed by atoms with Crippen molar-refractivity contribution in [1.82, 2.24) is 19.9 Å². The molecule has 0 saturated heterocycles. The van der Waals surface area contributed by atoms with Crippen LogP contribution in [-0.2, 0) is 6.42 Å². The Kier molecular flexibility index (Phi) is 4.20. The first kappa shape index (κ1) is 14.7. The molecule has 6 heteroatoms. The minimum absolute atomic E-state index is 0.0143. The van der Waals surface area contributed by atoms with Gasteiger partial charge in [-0.05, 0) is 37.1 Å². The third-order valence-corrected chi connectivity index (χ3v) is 3.83. The average Bonchev–Trinajstić information content (AvgIpc) is 2.91. The van der Waals surface area contributed by atoms with E-state index in [1.54, 1.807) is 29.2 Å². The fourth-order valence-electron chi connectivity index (χ4n) is 2.36. The van der Waals surface area contributed by atoms with Crippen LogP contribution in [0, 0.1) is 0 Å². The van der Waals surface area contributed by atoms with E-state index in [-0.39, 0.29) is 11.9 Å². The number of hydrogen-bond acceptors (Lipinski definition) is 3. The first-order valence-electron chi connectivity index (χ1n) is 6.97. The number of rotatable bonds is 4. The summed E-state index contributed by atoms with van der Waals surface area (Å²) < 4.78 is 2.63. The summed E-state index contributed by atoms with van der Waals surface area (Å²) >= 11 is 3.45. The van der Waals surface area contributed by atoms with Crippen molar-refractivity contribution in [2.24, 2.45) is 0 Å². The standard InChI is InChI=1S/C16H15BrN4O/c1-11(8-12-4-2-5-13(17)9-12)20-16(22)14-10-19-21-7-3-6-18-15(14)21/h2-7,9-11H,8H2,1H3,(H,20,22)/t11-/m1/s1. The highest BCUT2D eigenvalue weighted by Crippen LogP contribution is 2.13. The highest BCUT2D eigenvalue weighted by atomic mass is 79.9. The molecule has 0 fully saturated rings. The van der Waals surface area contributed by atoms with Gasteiger partial charge in [-0.1, -0.05) is 28.1 Å². The lowest BCUT2D eigenvalue weighted by Gasteiger charge is -2.13. The number of amides is 1. The predicted octanol–water partition coefficient (Wildman–Crippen LogP) is 2.85. The first-order chi connectivity index (χ1) is 10.6. The van der Waals surface area contributed by atoms with E-state index in [9.17, 15) is 4.79 Å². The van der Waals surface area contributed by atoms with E-state index in [1.807, 2.05) is 25.1 Å². The molecule has 22 heavy (non-hydrogen) atoms. The molecule has 112 valence electrons. The number of aromatic nitrogens is 3. The smallest absolute Gasteiger partial charge is 0.256 e. The molecular weight excluding hydrogens is 344 g/mol. The molecule has 1 atom stereocenters. The molecule has 1 amide bonds. The van der Waals surface area contributed by atoms with Gasteiger partial charge in [-0.3, -0.25) is 4.79 Å². The molecule has 0 bridgehead atoms. The van der Waals surface area contributed by atoms with Crippen LogP contribution in [0.3, 0.4) is 0 Å². The average molecular weight is 359 g/mol. The van der Waals surface area contributed by atoms with Crippen LogP contribution in [-0.4, -0.2) is 26.5 Å². The van der Waals surface area contributed by atoms with Crippen LogP contribution in [0.1, 0.15) is 22.8 Å². The minimum atomic E-state index is -0.156. The van der Waals surface area contributed by atoms with Gasteiger partial charge in [-0.15, -0.1) is 0 Å². The highest BCUT2D eigenvalue weighted by molar-refractivity contribution is 9.10. The Morgan fingerprint density at radius 2 is 2.27 bits per heavy atom. The lowest BCUT2D eigenvalue weighted by molar-refractivity contribution is 0.0941. The number of nitrogens with one attached hydrogen (secondary N) is 1. The fourth-order valence-corrected chi connectivity index (χ4v) is 2.80. The molecule has 1 N–H and O–H groups in total. The zero-order valence-corrected chi connectivity index (χ0v) is 13.6. The lowest BCUT2D eigenvalue weighted by Crippen LogP contribution is -2.34. The van der Waals surface area contributed by atoms with Crippen LogP contribution in [0.25, 0.3) is 5.65 Å². The summed E-state index contributed by atoms with van der Waals surface area (Å²) in [5.41, 5.74) is 2.22. The number of carbonyl (C=O) groups excluding carboxylic acids is 1. The summed E-state index contributed by atoms with van der Waals surface area (Å²) in [7, 11) is 0. The van der Waals surface area contributed by atoms with Gasteiger partial charge in [0.25, 0.3) is 5.91 Å². The van der Waals surface area contributed by atoms with Crippen molar-refractivity contribution in [2.75, 3.05) is 0 Å². The Morgan fingerprint density at radius 3 is 3.09 bits per heavy atom. The van der Waals surface area contributed by atoms with Crippen molar-refractivity contribution < 1.29 is 4.79 Å². The molecule has 0 aliphatic rings. The molecule has 3 aromatic rings. The number of hydrogen-bond donors (Lipinski definition) is 1. The van der Waals surface area contributed by atoms with Crippen molar-refractivity contribution in [2.45, 2.75) is 19.4 Å². The maximum absolute atomic E-state index is 12.4. The Bertz CT molecular complexity index is 815. The maximum Gasteiger partial charge on any atom is 0.256 e. The fraction of sp³-hybridized carbons (Fsp3) is 0.188. The van der Waals surface area contributed by atoms with Gasteiger partial charge >= 0.3 is 0 Å². The molecule has 0 saturated carbocycles. The van der Waals surface area contributed by atoms with Crippen molar-refractivity contribution in [3.63, 3.8) is 0 Å². The van der Waals surface area contributed by atoms with E-state index in [4.69, 9.17) is 0 Å². The zero-order valence-electron chi connectivity index (χ0n) is 12.0. The number of carbonyl (C=O) groups is 1. The number of halogens is 1. The summed E-state index contributed by atoms with van der Waals surface area (Å²) in [6, 6.07) is 9.86. The second-order valence-electron chi connectivity index (χ2n) is 5.15. The van der Waals surface area contributed by atoms with E-state index in [0.717, 1.165) is 10.9 Å². The van der Waals surface area contributed by atoms with Crippen LogP contribution in [0.4, 0.5) is 0 Å². The Hall–Kier alpha value is -2.21. The van der Waals surface area contributed by atoms with Crippen molar-refractivity contribution in [3.05, 3.63) is 64.5 Å². The Balaban J connectivity index is 1.71. The molecule has 2 heterocycles. The molecule has 5 nitrogen and oxygen atoms in total. The summed E-state index contributed by atoms with van der Waals surface area (Å²) in [6.45, 7) is 1.98. The summed E-state index contributed by atoms with van der Waals surface area (Å²) in [6.07, 6.45) is 5.73. The minimum Gasteiger partial charge on any atom is -0.349 e. The molecule has 1 aromatic carbocycles. The molecule has 0 radical (unpaired) electrons. The van der Waals surface area contributed by atoms with Crippen LogP contribution in [0.2, 0.25) is 0 Å². The summed E-state index contributed by atoms with van der Waals surface area (Å²) in [5, 5.41) is 7.12. The van der Waals surface area contributed by atoms with Crippen LogP contribution in [0.15, 0.2) is 53.4 Å². The maximum atomic E-state index is 12.4. The molecule has 3 rings (SSSR count). The Morgan fingerprint density at radius 1 is 1.41 bits per heavy atom. The Labute approximate surface area is 136 Å². The van der Waals surface area contributed by atoms with Gasteiger partial charge in [0.2, 0.25) is 0 Å². The zero-order chi connectivity index (χ0) is 15.5. The van der Waals surface area contributed by atoms with E-state index in [2.05, 4.69) is 37.4 Å². The number of nitrogens with zero attached hydrogens (tertiary/aromatic N) is 3. The second kappa shape index (κ2) is 6.27. The third-order valence-electron chi connectivity index (χ3n) is 3.33. The SMILES string of the molecule is C[C@H](Cc1cccc(Br)c1)NC(=O)c1cnn2cccnc12. The van der Waals surface area contributed by atoms with Gasteiger partial charge in [0.05, 0.1) is 6.20 Å². The van der Waals surface area contributed by atoms with Gasteiger partial charge in [-0.25, -0.2) is 9.50 Å². The van der Waals surface area contributed by atoms with Crippen molar-refractivity contribution >= 4 is 27.5 Å². The molecule has 0 spiro atoms. The normalized spacial score (nSPS) is 12.3. The van der Waals surface area contributed by atoms with Crippen LogP contribution < -0.4 is 5.32 Å². The van der Waals surface area contributed by atoms with E-state index in [1.165, 1.54) is 5.56 Å². The van der Waals surface area contributed by atoms with E-state index >= 15 is 0 Å². The van der Waals surface area contributed by atoms with Gasteiger partial charge in [0, 0.05) is 22.9 Å². The quantitative estimate of drug-likeness (QED) is 0.779. The van der Waals surface area contributed by atoms with Gasteiger partial charge < -0.3 is 5.32 Å². The topological polar surface area (TPSA) is 59.3 Å². The monoisotopic (exact) mass is 358 g/mol. The van der Waals surface area contributed by atoms with Crippen molar-refractivity contribution in [1.29, 1.82) is 0 Å². The predicted molar refractivity (Wildman–Crippen MR) is 87.8 cm³/mol. The molecule has 0 unspecified atom stereocenters. The molecule has 2 aromatic heterocycles. The second-order valence-corrected chi connectivity index (χ2v) is 6.07. The summed E-state index contributed by atoms with van der Waals surface area (Å²) in [5.74, 6) is -0.156. The third kappa shape index (κ3) is 3.17. The number of benzene rings is 1. The largest absolute Gasteiger partial charge is 0.349 e. The van der Waals surface area contributed by atoms with Crippen LogP contribution in [0.5, 0.6) is 0 Å². The van der Waals surface area contributed by atoms with Crippen molar-refractivity contribution in [3.8, 4) is 0 Å². The molecular formula is C16H15BrN4O. The van der Waals surface area contributed by atoms with Gasteiger partial charge in [0.1, 0.15) is 5.56 Å². The highest BCUT2D eigenvalue weighted by Gasteiger charge is 2.15.